The Hall–Kier alpha value is -0.860. The highest BCUT2D eigenvalue weighted by Crippen LogP contribution is 2.20. The third-order valence-corrected chi connectivity index (χ3v) is 4.31. The van der Waals surface area contributed by atoms with Gasteiger partial charge in [0.25, 0.3) is 0 Å². The van der Waals surface area contributed by atoms with E-state index in [0.29, 0.717) is 0 Å². The molecule has 1 aliphatic heterocycles. The van der Waals surface area contributed by atoms with E-state index in [1.54, 1.807) is 0 Å². The summed E-state index contributed by atoms with van der Waals surface area (Å²) in [7, 11) is 2.06. The molecule has 1 aromatic rings. The number of hydrogen-bond donors (Lipinski definition) is 1. The molecule has 0 radical (unpaired) electrons. The fraction of sp³-hybridized carbons (Fsp3) is 0.625. The quantitative estimate of drug-likeness (QED) is 0.879. The van der Waals surface area contributed by atoms with Crippen LogP contribution in [0.4, 0.5) is 0 Å². The van der Waals surface area contributed by atoms with E-state index < -0.39 is 0 Å². The van der Waals surface area contributed by atoms with Crippen molar-refractivity contribution in [2.75, 3.05) is 26.7 Å². The fourth-order valence-corrected chi connectivity index (χ4v) is 2.86. The molecule has 0 bridgehead atoms. The first-order chi connectivity index (χ1) is 8.70. The predicted molar refractivity (Wildman–Crippen MR) is 77.8 cm³/mol. The summed E-state index contributed by atoms with van der Waals surface area (Å²) in [5.74, 6) is 0.879. The maximum Gasteiger partial charge on any atom is 0.0236 e. The minimum atomic E-state index is 0.879. The average Bonchev–Trinajstić information content (AvgIpc) is 2.38. The Balaban J connectivity index is 1.90. The standard InChI is InChI=1S/C16H26N2/c1-13-5-4-6-16(14(13)2)12-18-9-7-15(8-10-18)11-17-3/h4-6,15,17H,7-12H2,1-3H3. The van der Waals surface area contributed by atoms with Crippen molar-refractivity contribution < 1.29 is 0 Å². The molecular weight excluding hydrogens is 220 g/mol. The van der Waals surface area contributed by atoms with Crippen LogP contribution in [-0.4, -0.2) is 31.6 Å². The lowest BCUT2D eigenvalue weighted by Gasteiger charge is -2.32. The van der Waals surface area contributed by atoms with Gasteiger partial charge in [-0.25, -0.2) is 0 Å². The minimum Gasteiger partial charge on any atom is -0.319 e. The molecule has 1 aliphatic rings. The van der Waals surface area contributed by atoms with Crippen LogP contribution in [0.2, 0.25) is 0 Å². The van der Waals surface area contributed by atoms with Crippen molar-refractivity contribution in [3.05, 3.63) is 34.9 Å². The van der Waals surface area contributed by atoms with E-state index in [-0.39, 0.29) is 0 Å². The van der Waals surface area contributed by atoms with E-state index in [2.05, 4.69) is 49.3 Å². The molecule has 2 heteroatoms. The van der Waals surface area contributed by atoms with E-state index in [0.717, 1.165) is 12.5 Å². The number of benzene rings is 1. The summed E-state index contributed by atoms with van der Waals surface area (Å²) >= 11 is 0. The van der Waals surface area contributed by atoms with Gasteiger partial charge in [0.1, 0.15) is 0 Å². The second-order valence-electron chi connectivity index (χ2n) is 5.64. The van der Waals surface area contributed by atoms with Crippen molar-refractivity contribution in [2.45, 2.75) is 33.2 Å². The summed E-state index contributed by atoms with van der Waals surface area (Å²) in [5, 5.41) is 3.30. The number of likely N-dealkylation sites (tertiary alicyclic amines) is 1. The highest BCUT2D eigenvalue weighted by Gasteiger charge is 2.18. The van der Waals surface area contributed by atoms with Gasteiger partial charge in [-0.1, -0.05) is 18.2 Å². The Morgan fingerprint density at radius 2 is 1.94 bits per heavy atom. The summed E-state index contributed by atoms with van der Waals surface area (Å²) in [6.07, 6.45) is 2.68. The Morgan fingerprint density at radius 3 is 2.61 bits per heavy atom. The Labute approximate surface area is 111 Å². The third kappa shape index (κ3) is 3.33. The van der Waals surface area contributed by atoms with Crippen LogP contribution in [0, 0.1) is 19.8 Å². The molecule has 100 valence electrons. The fourth-order valence-electron chi connectivity index (χ4n) is 2.86. The van der Waals surface area contributed by atoms with Crippen LogP contribution in [0.3, 0.4) is 0 Å². The van der Waals surface area contributed by atoms with Gasteiger partial charge >= 0.3 is 0 Å². The lowest BCUT2D eigenvalue weighted by atomic mass is 9.95. The van der Waals surface area contributed by atoms with Crippen molar-refractivity contribution in [1.29, 1.82) is 0 Å². The van der Waals surface area contributed by atoms with Crippen molar-refractivity contribution >= 4 is 0 Å². The first-order valence-corrected chi connectivity index (χ1v) is 7.12. The third-order valence-electron chi connectivity index (χ3n) is 4.31. The molecule has 1 fully saturated rings. The lowest BCUT2D eigenvalue weighted by Crippen LogP contribution is -2.36. The first-order valence-electron chi connectivity index (χ1n) is 7.12. The molecule has 2 rings (SSSR count). The van der Waals surface area contributed by atoms with Gasteiger partial charge in [-0.15, -0.1) is 0 Å². The average molecular weight is 246 g/mol. The molecule has 1 N–H and O–H groups in total. The summed E-state index contributed by atoms with van der Waals surface area (Å²) in [4.78, 5) is 2.61. The molecule has 0 spiro atoms. The molecule has 0 atom stereocenters. The van der Waals surface area contributed by atoms with E-state index in [1.807, 2.05) is 0 Å². The zero-order valence-corrected chi connectivity index (χ0v) is 12.0. The molecule has 1 heterocycles. The zero-order valence-electron chi connectivity index (χ0n) is 12.0. The highest BCUT2D eigenvalue weighted by atomic mass is 15.1. The Kier molecular flexibility index (Phi) is 4.79. The van der Waals surface area contributed by atoms with E-state index in [1.165, 1.54) is 49.2 Å². The second-order valence-corrected chi connectivity index (χ2v) is 5.64. The van der Waals surface area contributed by atoms with Crippen LogP contribution in [0.1, 0.15) is 29.5 Å². The van der Waals surface area contributed by atoms with E-state index >= 15 is 0 Å². The largest absolute Gasteiger partial charge is 0.319 e. The number of nitrogens with zero attached hydrogens (tertiary/aromatic N) is 1. The number of hydrogen-bond acceptors (Lipinski definition) is 2. The normalized spacial score (nSPS) is 18.2. The second kappa shape index (κ2) is 6.35. The van der Waals surface area contributed by atoms with Gasteiger partial charge in [0.2, 0.25) is 0 Å². The predicted octanol–water partition coefficient (Wildman–Crippen LogP) is 2.73. The maximum atomic E-state index is 3.30. The number of nitrogens with one attached hydrogen (secondary N) is 1. The van der Waals surface area contributed by atoms with Gasteiger partial charge in [-0.3, -0.25) is 4.90 Å². The molecule has 0 aliphatic carbocycles. The minimum absolute atomic E-state index is 0.879. The van der Waals surface area contributed by atoms with E-state index in [9.17, 15) is 0 Å². The highest BCUT2D eigenvalue weighted by molar-refractivity contribution is 5.33. The van der Waals surface area contributed by atoms with Gasteiger partial charge in [0, 0.05) is 6.54 Å². The summed E-state index contributed by atoms with van der Waals surface area (Å²) < 4.78 is 0. The zero-order chi connectivity index (χ0) is 13.0. The van der Waals surface area contributed by atoms with Gasteiger partial charge in [-0.2, -0.15) is 0 Å². The van der Waals surface area contributed by atoms with Crippen molar-refractivity contribution in [1.82, 2.24) is 10.2 Å². The number of aryl methyl sites for hydroxylation is 1. The molecule has 1 saturated heterocycles. The van der Waals surface area contributed by atoms with Crippen LogP contribution >= 0.6 is 0 Å². The first kappa shape index (κ1) is 13.6. The van der Waals surface area contributed by atoms with Crippen LogP contribution in [0.25, 0.3) is 0 Å². The van der Waals surface area contributed by atoms with Gasteiger partial charge < -0.3 is 5.32 Å². The topological polar surface area (TPSA) is 15.3 Å². The van der Waals surface area contributed by atoms with Gasteiger partial charge in [0.15, 0.2) is 0 Å². The Morgan fingerprint density at radius 1 is 1.22 bits per heavy atom. The van der Waals surface area contributed by atoms with Crippen LogP contribution in [0.15, 0.2) is 18.2 Å². The monoisotopic (exact) mass is 246 g/mol. The Bertz CT molecular complexity index is 379. The molecule has 0 unspecified atom stereocenters. The number of rotatable bonds is 4. The number of piperidine rings is 1. The summed E-state index contributed by atoms with van der Waals surface area (Å²) in [6.45, 7) is 9.26. The van der Waals surface area contributed by atoms with Gasteiger partial charge in [0.05, 0.1) is 0 Å². The van der Waals surface area contributed by atoms with Crippen molar-refractivity contribution in [3.8, 4) is 0 Å². The van der Waals surface area contributed by atoms with Crippen LogP contribution in [0.5, 0.6) is 0 Å². The van der Waals surface area contributed by atoms with Crippen molar-refractivity contribution in [2.24, 2.45) is 5.92 Å². The SMILES string of the molecule is CNCC1CCN(Cc2cccc(C)c2C)CC1. The molecule has 18 heavy (non-hydrogen) atoms. The smallest absolute Gasteiger partial charge is 0.0236 e. The molecule has 0 saturated carbocycles. The van der Waals surface area contributed by atoms with E-state index in [4.69, 9.17) is 0 Å². The molecule has 1 aromatic carbocycles. The van der Waals surface area contributed by atoms with Gasteiger partial charge in [-0.05, 0) is 76.0 Å². The maximum absolute atomic E-state index is 3.30. The molecule has 2 nitrogen and oxygen atoms in total. The van der Waals surface area contributed by atoms with Crippen LogP contribution < -0.4 is 5.32 Å². The molecule has 0 amide bonds. The molecule has 0 aromatic heterocycles. The summed E-state index contributed by atoms with van der Waals surface area (Å²) in [5.41, 5.74) is 4.38. The molecular formula is C16H26N2. The van der Waals surface area contributed by atoms with Crippen molar-refractivity contribution in [3.63, 3.8) is 0 Å². The van der Waals surface area contributed by atoms with Crippen LogP contribution in [-0.2, 0) is 6.54 Å². The lowest BCUT2D eigenvalue weighted by molar-refractivity contribution is 0.176. The summed E-state index contributed by atoms with van der Waals surface area (Å²) in [6, 6.07) is 6.67.